The number of phenols is 1. The lowest BCUT2D eigenvalue weighted by Gasteiger charge is -2.32. The number of benzene rings is 4. The minimum absolute atomic E-state index is 0.0650. The van der Waals surface area contributed by atoms with Gasteiger partial charge in [0.25, 0.3) is 0 Å². The number of nitrogens with two attached hydrogens (primary N) is 2. The number of aromatic amines is 1. The largest absolute Gasteiger partial charge is 0.508 e. The van der Waals surface area contributed by atoms with Gasteiger partial charge in [-0.1, -0.05) is 100.0 Å². The molecule has 724 valence electrons. The second kappa shape index (κ2) is 52.0. The lowest BCUT2D eigenvalue weighted by atomic mass is 9.92. The third-order valence-electron chi connectivity index (χ3n) is 21.4. The first-order valence-electron chi connectivity index (χ1n) is 43.3. The molecule has 0 spiro atoms. The lowest BCUT2D eigenvalue weighted by molar-refractivity contribution is -0.142. The molecule has 1 aliphatic rings. The Hall–Kier alpha value is -13.6. The number of aliphatic hydroxyl groups is 3. The summed E-state index contributed by atoms with van der Waals surface area (Å²) in [6.07, 6.45) is -2.87. The number of carbonyl (C=O) groups excluding carboxylic acids is 14. The number of aliphatic hydroxyl groups excluding tert-OH is 2. The van der Waals surface area contributed by atoms with Crippen LogP contribution < -0.4 is 85.9 Å². The van der Waals surface area contributed by atoms with Crippen LogP contribution in [0.3, 0.4) is 0 Å². The zero-order valence-electron chi connectivity index (χ0n) is 75.4. The van der Waals surface area contributed by atoms with E-state index in [4.69, 9.17) is 22.3 Å². The molecular weight excluding hydrogens is 1780 g/mol. The van der Waals surface area contributed by atoms with Gasteiger partial charge in [-0.3, -0.25) is 82.7 Å². The second-order valence-electron chi connectivity index (χ2n) is 33.5. The molecule has 2 aromatic heterocycles. The predicted octanol–water partition coefficient (Wildman–Crippen LogP) is -0.547. The number of aromatic nitrogens is 2. The molecule has 42 nitrogen and oxygen atoms in total. The molecule has 3 heterocycles. The van der Waals surface area contributed by atoms with Gasteiger partial charge in [-0.25, -0.2) is 9.78 Å². The number of hydrogen-bond acceptors (Lipinski definition) is 25. The van der Waals surface area contributed by atoms with Gasteiger partial charge in [0.15, 0.2) is 23.5 Å². The van der Waals surface area contributed by atoms with E-state index in [0.29, 0.717) is 44.5 Å². The van der Waals surface area contributed by atoms with Gasteiger partial charge in [0, 0.05) is 117 Å². The number of thioether (sulfide) groups is 2. The number of nitrogens with one attached hydrogen (secondary N) is 17. The van der Waals surface area contributed by atoms with Crippen molar-refractivity contribution in [1.29, 1.82) is 10.8 Å². The number of ketones is 2. The predicted molar refractivity (Wildman–Crippen MR) is 497 cm³/mol. The number of amides is 12. The average Bonchev–Trinajstić information content (AvgIpc) is 1.58. The Bertz CT molecular complexity index is 5170. The Morgan fingerprint density at radius 3 is 1.70 bits per heavy atom. The van der Waals surface area contributed by atoms with Crippen molar-refractivity contribution in [2.24, 2.45) is 23.3 Å². The third-order valence-corrected chi connectivity index (χ3v) is 23.6. The monoisotopic (exact) mass is 1900 g/mol. The van der Waals surface area contributed by atoms with Gasteiger partial charge < -0.3 is 122 Å². The molecule has 0 aliphatic carbocycles. The Labute approximate surface area is 781 Å². The quantitative estimate of drug-likeness (QED) is 0.0175. The number of pyridine rings is 1. The van der Waals surface area contributed by atoms with Crippen LogP contribution in [0.1, 0.15) is 144 Å². The van der Waals surface area contributed by atoms with Crippen molar-refractivity contribution < 1.29 is 107 Å². The van der Waals surface area contributed by atoms with Crippen molar-refractivity contribution in [3.63, 3.8) is 0 Å². The summed E-state index contributed by atoms with van der Waals surface area (Å²) in [6.45, 7) is 9.40. The first-order valence-corrected chi connectivity index (χ1v) is 45.6. The summed E-state index contributed by atoms with van der Waals surface area (Å²) in [6, 6.07) is 6.71. The van der Waals surface area contributed by atoms with Crippen LogP contribution in [0.15, 0.2) is 122 Å². The molecule has 0 unspecified atom stereocenters. The number of aromatic hydroxyl groups is 1. The number of hydrogen-bond donors (Lipinski definition) is 25. The highest BCUT2D eigenvalue weighted by Gasteiger charge is 2.42. The van der Waals surface area contributed by atoms with E-state index in [-0.39, 0.29) is 90.2 Å². The summed E-state index contributed by atoms with van der Waals surface area (Å²) >= 11 is 2.19. The van der Waals surface area contributed by atoms with Crippen molar-refractivity contribution in [3.8, 4) is 5.75 Å². The highest BCUT2D eigenvalue weighted by Crippen LogP contribution is 2.25. The topological polar surface area (TPSA) is 691 Å². The average molecular weight is 1900 g/mol. The fourth-order valence-corrected chi connectivity index (χ4v) is 16.4. The molecule has 44 heteroatoms. The maximum atomic E-state index is 15.3. The Morgan fingerprint density at radius 1 is 0.597 bits per heavy atom. The lowest BCUT2D eigenvalue weighted by Crippen LogP contribution is -2.65. The number of guanidine groups is 2. The summed E-state index contributed by atoms with van der Waals surface area (Å²) in [4.78, 5) is 237. The van der Waals surface area contributed by atoms with Crippen LogP contribution in [-0.2, 0) is 109 Å². The first kappa shape index (κ1) is 107. The summed E-state index contributed by atoms with van der Waals surface area (Å²) in [5, 5.41) is 116. The summed E-state index contributed by atoms with van der Waals surface area (Å²) in [7, 11) is 0. The number of carbonyl (C=O) groups is 16. The number of rotatable bonds is 27. The standard InChI is InChI=1S/C90H120N20O22S2/c1-9-12-61-71(116)39-56(30-32-111)76(119)108-70(87(130)131)45-134-43-54-14-10-13-53(34-54)42-133-44-69(107-79(122)64(98-49(6)114)35-51-18-24-58(25-19-51)99-89(93)94)84(127)110-74(90(7,8)132)86(129)105-66(36-50-16-22-55(23-17-50)47(4)112)81(124)106-68(41-97-88(91)92)83(126)109-73(48(5)113)85(128)104-67(38-57-40-96-75-60(57)15-11-31-95-75)82(125)102-63(33-46(2)3)78(121)101-62(28-29-72(117)118)77(120)103-65(80(123)100-61)37-52-20-26-59(115)27-21-52/h10-11,13-27,31,34,40,46,48,56,61-70,73-74,111,113,115,132H,9,12,28-30,32-33,35-39,41-45H2,1-8H3,(H,95,96)(H,98,114)(H,100,123)(H,101,121)(H,102,125)(H,103,120)(H,104,128)(H,105,129)(H,106,124)(H,107,122)(H,108,119)(H,109,126)(H,110,127)(H,117,118)(H,130,131)(H4,91,92,97)(H4,93,94,99)/t48-,56-,61+,62+,63+,64+,65+,66+,67+,68+,69+,70+,73+,74-/m1/s1. The summed E-state index contributed by atoms with van der Waals surface area (Å²) in [5.41, 5.74) is 12.7. The van der Waals surface area contributed by atoms with Crippen molar-refractivity contribution in [1.82, 2.24) is 79.1 Å². The summed E-state index contributed by atoms with van der Waals surface area (Å²) < 4.78 is 0. The van der Waals surface area contributed by atoms with Crippen LogP contribution in [-0.4, -0.2) is 256 Å². The van der Waals surface area contributed by atoms with E-state index in [9.17, 15) is 83.4 Å². The SMILES string of the molecule is CCC[C@@H]1NC(=O)[C@H](Cc2ccc(O)cc2)NC(=O)[C@H](CCC(=O)O)NC(=O)[C@H](CC(C)C)NC(=O)[C@H](Cc2c[nH]c3ncccc23)NC(=O)[C@H]([C@@H](C)O)NC(=O)[C@H](CNC(=N)N)NC(=O)[C@H](Cc2ccc(C(C)=O)cc2)NC(=O)[C@H](C(C)(C)O)NC(=O)[C@@H](NC(=O)[C@H](Cc2ccc(NC(=N)N)cc2)NC(C)=O)CSCc2cccc(c2)CSC[C@@H](C(=O)O)NC(=O)[C@H](CCO)CC1=O. The van der Waals surface area contributed by atoms with Crippen molar-refractivity contribution in [2.75, 3.05) is 30.0 Å². The number of carboxylic acids is 2. The molecule has 27 N–H and O–H groups in total. The fraction of sp³-hybridized carbons (Fsp3) is 0.456. The summed E-state index contributed by atoms with van der Waals surface area (Å²) in [5.74, 6) is -20.4. The van der Waals surface area contributed by atoms with Gasteiger partial charge in [0.2, 0.25) is 70.9 Å². The Kier molecular flexibility index (Phi) is 41.7. The minimum atomic E-state index is -2.27. The third kappa shape index (κ3) is 34.9. The molecular formula is C90H120N20O22S2. The normalized spacial score (nSPS) is 22.1. The fourth-order valence-electron chi connectivity index (χ4n) is 14.4. The zero-order chi connectivity index (χ0) is 98.8. The molecule has 6 aromatic rings. The van der Waals surface area contributed by atoms with E-state index in [0.717, 1.165) is 51.2 Å². The van der Waals surface area contributed by atoms with Crippen LogP contribution in [0.25, 0.3) is 11.0 Å². The van der Waals surface area contributed by atoms with Crippen LogP contribution in [0.4, 0.5) is 5.69 Å². The number of fused-ring (bicyclic) bond motifs is 3. The maximum absolute atomic E-state index is 15.3. The highest BCUT2D eigenvalue weighted by atomic mass is 32.2. The smallest absolute Gasteiger partial charge is 0.327 e. The molecule has 14 atom stereocenters. The molecule has 12 amide bonds. The number of nitrogens with zero attached hydrogens (tertiary/aromatic N) is 1. The van der Waals surface area contributed by atoms with Crippen LogP contribution in [0.2, 0.25) is 0 Å². The van der Waals surface area contributed by atoms with E-state index >= 15 is 24.0 Å². The molecule has 7 rings (SSSR count). The van der Waals surface area contributed by atoms with E-state index in [1.807, 2.05) is 0 Å². The van der Waals surface area contributed by atoms with Crippen molar-refractivity contribution in [3.05, 3.63) is 161 Å². The van der Waals surface area contributed by atoms with E-state index in [1.165, 1.54) is 67.8 Å². The van der Waals surface area contributed by atoms with Gasteiger partial charge in [-0.2, -0.15) is 23.5 Å². The first-order chi connectivity index (χ1) is 63.4. The molecule has 0 saturated carbocycles. The van der Waals surface area contributed by atoms with Crippen LogP contribution in [0, 0.1) is 22.7 Å². The number of aliphatic carboxylic acids is 2. The molecule has 2 bridgehead atoms. The maximum Gasteiger partial charge on any atom is 0.327 e. The molecule has 0 radical (unpaired) electrons. The molecule has 0 saturated heterocycles. The van der Waals surface area contributed by atoms with Crippen molar-refractivity contribution >= 4 is 147 Å². The minimum Gasteiger partial charge on any atom is -0.508 e. The number of Topliss-reactive ketones (excluding diaryl/α,β-unsaturated/α-hetero) is 2. The molecule has 4 aromatic carbocycles. The van der Waals surface area contributed by atoms with Gasteiger partial charge in [-0.05, 0) is 129 Å². The van der Waals surface area contributed by atoms with Gasteiger partial charge >= 0.3 is 11.9 Å². The number of anilines is 1. The van der Waals surface area contributed by atoms with Crippen LogP contribution >= 0.6 is 23.5 Å². The van der Waals surface area contributed by atoms with Gasteiger partial charge in [-0.15, -0.1) is 0 Å². The Morgan fingerprint density at radius 2 is 1.14 bits per heavy atom. The van der Waals surface area contributed by atoms with Crippen LogP contribution in [0.5, 0.6) is 5.75 Å². The highest BCUT2D eigenvalue weighted by molar-refractivity contribution is 7.98. The second-order valence-corrected chi connectivity index (χ2v) is 35.6. The van der Waals surface area contributed by atoms with E-state index in [1.54, 1.807) is 81.4 Å². The number of phenolic OH excluding ortho intramolecular Hbond substituents is 1. The number of H-pyrrole nitrogens is 1. The van der Waals surface area contributed by atoms with Gasteiger partial charge in [0.1, 0.15) is 77.9 Å². The zero-order valence-corrected chi connectivity index (χ0v) is 77.0. The van der Waals surface area contributed by atoms with E-state index < -0.39 is 236 Å². The molecule has 1 aliphatic heterocycles. The van der Waals surface area contributed by atoms with E-state index in [2.05, 4.69) is 84.4 Å². The number of carboxylic acid groups (broad SMARTS) is 2. The van der Waals surface area contributed by atoms with Gasteiger partial charge in [0.05, 0.1) is 17.7 Å². The Balaban J connectivity index is 1.33. The van der Waals surface area contributed by atoms with Crippen molar-refractivity contribution in [2.45, 2.75) is 222 Å². The molecule has 134 heavy (non-hydrogen) atoms. The molecule has 0 fully saturated rings.